The molecule has 3 rings (SSSR count). The first-order chi connectivity index (χ1) is 14.6. The molecule has 0 radical (unpaired) electrons. The third kappa shape index (κ3) is 4.68. The Balaban J connectivity index is 1.67. The Bertz CT molecular complexity index is 841. The Morgan fingerprint density at radius 2 is 1.97 bits per heavy atom. The lowest BCUT2D eigenvalue weighted by Crippen LogP contribution is -2.59. The van der Waals surface area contributed by atoms with Gasteiger partial charge in [0.25, 0.3) is 0 Å². The molecule has 1 aromatic rings. The molecule has 10 heteroatoms. The van der Waals surface area contributed by atoms with Gasteiger partial charge in [-0.1, -0.05) is 0 Å². The third-order valence-corrected chi connectivity index (χ3v) is 6.76. The number of nitrogens with zero attached hydrogens (tertiary/aromatic N) is 5. The minimum absolute atomic E-state index is 0.0441. The number of likely N-dealkylation sites (tertiary alicyclic amines) is 1. The van der Waals surface area contributed by atoms with E-state index in [2.05, 4.69) is 4.98 Å². The van der Waals surface area contributed by atoms with Crippen LogP contribution in [0.15, 0.2) is 6.20 Å². The van der Waals surface area contributed by atoms with E-state index in [1.54, 1.807) is 27.4 Å². The molecule has 0 aliphatic carbocycles. The van der Waals surface area contributed by atoms with Crippen LogP contribution in [0.1, 0.15) is 51.6 Å². The number of aromatic nitrogens is 2. The van der Waals surface area contributed by atoms with Crippen molar-refractivity contribution in [2.45, 2.75) is 71.1 Å². The lowest BCUT2D eigenvalue weighted by Gasteiger charge is -2.43. The predicted octanol–water partition coefficient (Wildman–Crippen LogP) is 2.87. The number of carboxylic acid groups (broad SMARTS) is 1. The highest BCUT2D eigenvalue weighted by atomic mass is 32.2. The van der Waals surface area contributed by atoms with Crippen molar-refractivity contribution >= 4 is 29.8 Å². The van der Waals surface area contributed by atoms with Crippen LogP contribution < -0.4 is 0 Å². The molecule has 9 nitrogen and oxygen atoms in total. The highest BCUT2D eigenvalue weighted by Gasteiger charge is 2.41. The summed E-state index contributed by atoms with van der Waals surface area (Å²) in [6, 6.07) is -0.680. The fourth-order valence-corrected chi connectivity index (χ4v) is 5.07. The van der Waals surface area contributed by atoms with Crippen LogP contribution in [0.2, 0.25) is 0 Å². The van der Waals surface area contributed by atoms with Crippen LogP contribution in [0.3, 0.4) is 0 Å². The zero-order chi connectivity index (χ0) is 22.9. The molecule has 0 unspecified atom stereocenters. The van der Waals surface area contributed by atoms with Crippen LogP contribution in [0.4, 0.5) is 9.59 Å². The molecule has 1 saturated heterocycles. The van der Waals surface area contributed by atoms with E-state index >= 15 is 0 Å². The number of amides is 3. The van der Waals surface area contributed by atoms with E-state index in [1.165, 1.54) is 4.90 Å². The molecular formula is C21H33N5O4S. The van der Waals surface area contributed by atoms with E-state index in [0.717, 1.165) is 5.69 Å². The summed E-state index contributed by atoms with van der Waals surface area (Å²) < 4.78 is 1.66. The van der Waals surface area contributed by atoms with E-state index < -0.39 is 17.7 Å². The van der Waals surface area contributed by atoms with Gasteiger partial charge in [0.1, 0.15) is 11.9 Å². The molecule has 31 heavy (non-hydrogen) atoms. The molecule has 1 N–H and O–H groups in total. The molecule has 0 aromatic carbocycles. The Hall–Kier alpha value is -2.23. The number of imidazole rings is 1. The van der Waals surface area contributed by atoms with Crippen LogP contribution in [0.5, 0.6) is 0 Å². The summed E-state index contributed by atoms with van der Waals surface area (Å²) in [5.41, 5.74) is 0.227. The molecule has 0 saturated carbocycles. The Morgan fingerprint density at radius 1 is 1.32 bits per heavy atom. The largest absolute Gasteiger partial charge is 0.465 e. The molecule has 1 fully saturated rings. The second-order valence-electron chi connectivity index (χ2n) is 9.22. The minimum atomic E-state index is -1.07. The Kier molecular flexibility index (Phi) is 6.88. The number of aryl methyl sites for hydroxylation is 1. The van der Waals surface area contributed by atoms with E-state index in [0.29, 0.717) is 50.5 Å². The summed E-state index contributed by atoms with van der Waals surface area (Å²) in [7, 11) is 0. The number of fused-ring (bicyclic) bond motifs is 1. The smallest absolute Gasteiger partial charge is 0.408 e. The van der Waals surface area contributed by atoms with Crippen molar-refractivity contribution in [3.63, 3.8) is 0 Å². The maximum atomic E-state index is 13.4. The molecule has 1 atom stereocenters. The van der Waals surface area contributed by atoms with Crippen LogP contribution in [-0.4, -0.2) is 90.1 Å². The zero-order valence-corrected chi connectivity index (χ0v) is 19.8. The standard InChI is InChI=1S/C21H33N5O4S/c1-14-22-12-16-13-24(19(28)25(14)16)15-6-9-23(10-7-15)18(27)17(8-11-31-5)26(20(29)30)21(2,3)4/h12,15,17H,6-11,13H2,1-5H3,(H,29,30)/t17-/m1/s1. The minimum Gasteiger partial charge on any atom is -0.465 e. The lowest BCUT2D eigenvalue weighted by molar-refractivity contribution is -0.139. The van der Waals surface area contributed by atoms with Crippen LogP contribution >= 0.6 is 11.8 Å². The molecule has 172 valence electrons. The quantitative estimate of drug-likeness (QED) is 0.714. The maximum Gasteiger partial charge on any atom is 0.408 e. The van der Waals surface area contributed by atoms with Gasteiger partial charge in [-0.2, -0.15) is 11.8 Å². The molecule has 3 heterocycles. The third-order valence-electron chi connectivity index (χ3n) is 6.12. The second kappa shape index (κ2) is 9.10. The monoisotopic (exact) mass is 451 g/mol. The van der Waals surface area contributed by atoms with Crippen molar-refractivity contribution in [3.05, 3.63) is 17.7 Å². The summed E-state index contributed by atoms with van der Waals surface area (Å²) in [5, 5.41) is 9.83. The van der Waals surface area contributed by atoms with Gasteiger partial charge in [-0.15, -0.1) is 0 Å². The fourth-order valence-electron chi connectivity index (χ4n) is 4.61. The van der Waals surface area contributed by atoms with E-state index in [9.17, 15) is 19.5 Å². The highest BCUT2D eigenvalue weighted by Crippen LogP contribution is 2.28. The second-order valence-corrected chi connectivity index (χ2v) is 10.2. The summed E-state index contributed by atoms with van der Waals surface area (Å²) in [4.78, 5) is 47.3. The number of thioether (sulfide) groups is 1. The van der Waals surface area contributed by atoms with Gasteiger partial charge in [0.15, 0.2) is 0 Å². The van der Waals surface area contributed by atoms with E-state index in [4.69, 9.17) is 0 Å². The van der Waals surface area contributed by atoms with Crippen LogP contribution in [-0.2, 0) is 11.3 Å². The lowest BCUT2D eigenvalue weighted by atomic mass is 9.98. The SMILES string of the molecule is CSCC[C@H](C(=O)N1CCC(N2Cc3cnc(C)n3C2=O)CC1)N(C(=O)O)C(C)(C)C. The van der Waals surface area contributed by atoms with Crippen molar-refractivity contribution in [1.29, 1.82) is 0 Å². The Morgan fingerprint density at radius 3 is 2.48 bits per heavy atom. The molecule has 2 aliphatic heterocycles. The van der Waals surface area contributed by atoms with Gasteiger partial charge in [0.2, 0.25) is 5.91 Å². The van der Waals surface area contributed by atoms with E-state index in [-0.39, 0.29) is 18.0 Å². The number of hydrogen-bond donors (Lipinski definition) is 1. The predicted molar refractivity (Wildman–Crippen MR) is 119 cm³/mol. The summed E-state index contributed by atoms with van der Waals surface area (Å²) in [6.07, 6.45) is 4.48. The average Bonchev–Trinajstić information content (AvgIpc) is 3.23. The first-order valence-electron chi connectivity index (χ1n) is 10.7. The first kappa shape index (κ1) is 23.4. The molecule has 0 spiro atoms. The van der Waals surface area contributed by atoms with Crippen molar-refractivity contribution in [3.8, 4) is 0 Å². The molecular weight excluding hydrogens is 418 g/mol. The summed E-state index contributed by atoms with van der Waals surface area (Å²) in [5.74, 6) is 1.27. The molecule has 0 bridgehead atoms. The topological polar surface area (TPSA) is 99.0 Å². The fraction of sp³-hybridized carbons (Fsp3) is 0.714. The van der Waals surface area contributed by atoms with Crippen molar-refractivity contribution < 1.29 is 19.5 Å². The van der Waals surface area contributed by atoms with E-state index in [1.807, 2.05) is 38.9 Å². The normalized spacial score (nSPS) is 18.3. The Labute approximate surface area is 187 Å². The van der Waals surface area contributed by atoms with Gasteiger partial charge in [-0.25, -0.2) is 14.6 Å². The van der Waals surface area contributed by atoms with Gasteiger partial charge in [0, 0.05) is 24.7 Å². The molecule has 3 amide bonds. The highest BCUT2D eigenvalue weighted by molar-refractivity contribution is 7.98. The molecule has 2 aliphatic rings. The van der Waals surface area contributed by atoms with Crippen LogP contribution in [0.25, 0.3) is 0 Å². The van der Waals surface area contributed by atoms with Gasteiger partial charge in [-0.3, -0.25) is 14.3 Å². The summed E-state index contributed by atoms with van der Waals surface area (Å²) >= 11 is 1.61. The first-order valence-corrected chi connectivity index (χ1v) is 12.1. The van der Waals surface area contributed by atoms with Gasteiger partial charge in [0.05, 0.1) is 18.4 Å². The number of hydrogen-bond acceptors (Lipinski definition) is 5. The number of rotatable bonds is 6. The van der Waals surface area contributed by atoms with Crippen molar-refractivity contribution in [1.82, 2.24) is 24.3 Å². The van der Waals surface area contributed by atoms with Crippen LogP contribution in [0, 0.1) is 6.92 Å². The molecule has 1 aromatic heterocycles. The zero-order valence-electron chi connectivity index (χ0n) is 19.0. The van der Waals surface area contributed by atoms with Crippen molar-refractivity contribution in [2.24, 2.45) is 0 Å². The van der Waals surface area contributed by atoms with Gasteiger partial charge in [-0.05, 0) is 59.0 Å². The van der Waals surface area contributed by atoms with Crippen molar-refractivity contribution in [2.75, 3.05) is 25.1 Å². The number of piperidine rings is 1. The maximum absolute atomic E-state index is 13.4. The number of carbonyl (C=O) groups is 3. The average molecular weight is 452 g/mol. The van der Waals surface area contributed by atoms with Gasteiger partial charge >= 0.3 is 12.1 Å². The number of carbonyl (C=O) groups excluding carboxylic acids is 2. The summed E-state index contributed by atoms with van der Waals surface area (Å²) in [6.45, 7) is 8.86. The van der Waals surface area contributed by atoms with Gasteiger partial charge < -0.3 is 14.9 Å².